The fourth-order valence-corrected chi connectivity index (χ4v) is 2.60. The number of ether oxygens (including phenoxy) is 1. The summed E-state index contributed by atoms with van der Waals surface area (Å²) in [6.45, 7) is 0.512. The molecule has 0 aliphatic rings. The van der Waals surface area contributed by atoms with E-state index < -0.39 is 0 Å². The van der Waals surface area contributed by atoms with E-state index in [-0.39, 0.29) is 5.91 Å². The molecular formula is C18H16BrN3O2. The van der Waals surface area contributed by atoms with Gasteiger partial charge < -0.3 is 10.1 Å². The zero-order valence-electron chi connectivity index (χ0n) is 13.1. The summed E-state index contributed by atoms with van der Waals surface area (Å²) in [6.07, 6.45) is 3.57. The minimum atomic E-state index is -0.155. The number of carbonyl (C=O) groups excluding carboxylic acids is 1. The molecule has 1 amide bonds. The Morgan fingerprint density at radius 3 is 2.71 bits per heavy atom. The van der Waals surface area contributed by atoms with E-state index in [4.69, 9.17) is 4.74 Å². The van der Waals surface area contributed by atoms with Gasteiger partial charge in [0.1, 0.15) is 0 Å². The van der Waals surface area contributed by atoms with E-state index in [0.29, 0.717) is 12.2 Å². The molecule has 0 unspecified atom stereocenters. The number of hydrogen-bond donors (Lipinski definition) is 1. The maximum atomic E-state index is 12.4. The highest BCUT2D eigenvalue weighted by atomic mass is 79.9. The molecule has 0 saturated carbocycles. The molecule has 3 aromatic rings. The van der Waals surface area contributed by atoms with Gasteiger partial charge in [0.05, 0.1) is 23.0 Å². The number of nitrogens with one attached hydrogen (secondary N) is 1. The molecule has 0 bridgehead atoms. The van der Waals surface area contributed by atoms with Gasteiger partial charge in [0.2, 0.25) is 0 Å². The summed E-state index contributed by atoms with van der Waals surface area (Å²) in [6, 6.07) is 14.9. The smallest absolute Gasteiger partial charge is 0.255 e. The first kappa shape index (κ1) is 16.4. The summed E-state index contributed by atoms with van der Waals surface area (Å²) in [7, 11) is 1.64. The normalized spacial score (nSPS) is 10.6. The standard InChI is InChI=1S/C18H16BrN3O2/c1-24-12-13-3-2-4-16(9-13)21-18(23)14-5-7-17(8-6-14)22-11-15(19)10-20-22/h2-11H,12H2,1H3,(H,21,23). The van der Waals surface area contributed by atoms with Crippen molar-refractivity contribution < 1.29 is 9.53 Å². The van der Waals surface area contributed by atoms with E-state index in [2.05, 4.69) is 26.3 Å². The third kappa shape index (κ3) is 3.90. The molecule has 122 valence electrons. The van der Waals surface area contributed by atoms with Gasteiger partial charge in [-0.3, -0.25) is 4.79 Å². The van der Waals surface area contributed by atoms with Crippen LogP contribution in [0.25, 0.3) is 5.69 Å². The second-order valence-corrected chi connectivity index (χ2v) is 6.15. The lowest BCUT2D eigenvalue weighted by Gasteiger charge is -2.08. The number of nitrogens with zero attached hydrogens (tertiary/aromatic N) is 2. The van der Waals surface area contributed by atoms with Crippen LogP contribution in [-0.2, 0) is 11.3 Å². The van der Waals surface area contributed by atoms with Crippen LogP contribution in [-0.4, -0.2) is 22.8 Å². The first-order valence-corrected chi connectivity index (χ1v) is 8.15. The first-order valence-electron chi connectivity index (χ1n) is 7.35. The molecule has 1 heterocycles. The van der Waals surface area contributed by atoms with Gasteiger partial charge in [0, 0.05) is 24.6 Å². The number of aromatic nitrogens is 2. The highest BCUT2D eigenvalue weighted by Gasteiger charge is 2.07. The van der Waals surface area contributed by atoms with Crippen LogP contribution in [0, 0.1) is 0 Å². The second kappa shape index (κ2) is 7.42. The fourth-order valence-electron chi connectivity index (χ4n) is 2.32. The molecule has 0 aliphatic heterocycles. The maximum Gasteiger partial charge on any atom is 0.255 e. The predicted molar refractivity (Wildman–Crippen MR) is 96.4 cm³/mol. The SMILES string of the molecule is COCc1cccc(NC(=O)c2ccc(-n3cc(Br)cn3)cc2)c1. The second-order valence-electron chi connectivity index (χ2n) is 5.24. The average molecular weight is 386 g/mol. The van der Waals surface area contributed by atoms with E-state index in [9.17, 15) is 4.79 Å². The molecule has 0 atom stereocenters. The highest BCUT2D eigenvalue weighted by molar-refractivity contribution is 9.10. The maximum absolute atomic E-state index is 12.4. The number of carbonyl (C=O) groups is 1. The number of rotatable bonds is 5. The summed E-state index contributed by atoms with van der Waals surface area (Å²) in [5.41, 5.74) is 3.23. The van der Waals surface area contributed by atoms with Crippen LogP contribution in [0.3, 0.4) is 0 Å². The predicted octanol–water partition coefficient (Wildman–Crippen LogP) is 4.03. The number of halogens is 1. The lowest BCUT2D eigenvalue weighted by Crippen LogP contribution is -2.12. The number of methoxy groups -OCH3 is 1. The van der Waals surface area contributed by atoms with Crippen LogP contribution in [0.5, 0.6) is 0 Å². The van der Waals surface area contributed by atoms with Crippen LogP contribution < -0.4 is 5.32 Å². The Bertz CT molecular complexity index is 843. The van der Waals surface area contributed by atoms with Gasteiger partial charge >= 0.3 is 0 Å². The number of benzene rings is 2. The Balaban J connectivity index is 1.72. The minimum Gasteiger partial charge on any atom is -0.380 e. The first-order chi connectivity index (χ1) is 11.7. The van der Waals surface area contributed by atoms with Gasteiger partial charge in [-0.05, 0) is 57.9 Å². The van der Waals surface area contributed by atoms with Crippen molar-refractivity contribution >= 4 is 27.5 Å². The van der Waals surface area contributed by atoms with E-state index in [0.717, 1.165) is 21.4 Å². The molecular weight excluding hydrogens is 370 g/mol. The topological polar surface area (TPSA) is 56.1 Å². The molecule has 0 fully saturated rings. The van der Waals surface area contributed by atoms with Crippen molar-refractivity contribution in [2.45, 2.75) is 6.61 Å². The van der Waals surface area contributed by atoms with Crippen molar-refractivity contribution in [2.75, 3.05) is 12.4 Å². The quantitative estimate of drug-likeness (QED) is 0.720. The van der Waals surface area contributed by atoms with Crippen molar-refractivity contribution in [3.05, 3.63) is 76.5 Å². The van der Waals surface area contributed by atoms with Crippen molar-refractivity contribution in [3.63, 3.8) is 0 Å². The average Bonchev–Trinajstić information content (AvgIpc) is 3.02. The fraction of sp³-hybridized carbons (Fsp3) is 0.111. The summed E-state index contributed by atoms with van der Waals surface area (Å²) < 4.78 is 7.74. The third-order valence-corrected chi connectivity index (χ3v) is 3.85. The molecule has 0 aliphatic carbocycles. The lowest BCUT2D eigenvalue weighted by molar-refractivity contribution is 0.102. The van der Waals surface area contributed by atoms with E-state index >= 15 is 0 Å². The Morgan fingerprint density at radius 2 is 2.04 bits per heavy atom. The summed E-state index contributed by atoms with van der Waals surface area (Å²) in [5, 5.41) is 7.11. The molecule has 0 saturated heterocycles. The summed E-state index contributed by atoms with van der Waals surface area (Å²) in [5.74, 6) is -0.155. The van der Waals surface area contributed by atoms with Crippen LogP contribution in [0.1, 0.15) is 15.9 Å². The summed E-state index contributed by atoms with van der Waals surface area (Å²) >= 11 is 3.36. The van der Waals surface area contributed by atoms with Crippen LogP contribution in [0.4, 0.5) is 5.69 Å². The summed E-state index contributed by atoms with van der Waals surface area (Å²) in [4.78, 5) is 12.4. The zero-order valence-corrected chi connectivity index (χ0v) is 14.7. The third-order valence-electron chi connectivity index (χ3n) is 3.44. The molecule has 24 heavy (non-hydrogen) atoms. The van der Waals surface area contributed by atoms with Crippen molar-refractivity contribution in [2.24, 2.45) is 0 Å². The molecule has 0 radical (unpaired) electrons. The monoisotopic (exact) mass is 385 g/mol. The molecule has 3 rings (SSSR count). The molecule has 2 aromatic carbocycles. The Kier molecular flexibility index (Phi) is 5.08. The van der Waals surface area contributed by atoms with Gasteiger partial charge in [-0.25, -0.2) is 4.68 Å². The molecule has 0 spiro atoms. The van der Waals surface area contributed by atoms with Crippen LogP contribution in [0.15, 0.2) is 65.4 Å². The minimum absolute atomic E-state index is 0.155. The lowest BCUT2D eigenvalue weighted by atomic mass is 10.1. The number of anilines is 1. The number of hydrogen-bond acceptors (Lipinski definition) is 3. The van der Waals surface area contributed by atoms with Crippen molar-refractivity contribution in [1.82, 2.24) is 9.78 Å². The van der Waals surface area contributed by atoms with Gasteiger partial charge in [0.15, 0.2) is 0 Å². The van der Waals surface area contributed by atoms with Gasteiger partial charge in [0.25, 0.3) is 5.91 Å². The van der Waals surface area contributed by atoms with E-state index in [1.807, 2.05) is 42.6 Å². The largest absolute Gasteiger partial charge is 0.380 e. The Morgan fingerprint density at radius 1 is 1.25 bits per heavy atom. The molecule has 1 N–H and O–H groups in total. The molecule has 1 aromatic heterocycles. The van der Waals surface area contributed by atoms with Gasteiger partial charge in [-0.1, -0.05) is 12.1 Å². The van der Waals surface area contributed by atoms with E-state index in [1.54, 1.807) is 30.1 Å². The Labute approximate surface area is 148 Å². The van der Waals surface area contributed by atoms with Gasteiger partial charge in [-0.2, -0.15) is 5.10 Å². The van der Waals surface area contributed by atoms with Crippen molar-refractivity contribution in [1.29, 1.82) is 0 Å². The van der Waals surface area contributed by atoms with Crippen LogP contribution >= 0.6 is 15.9 Å². The Hall–Kier alpha value is -2.44. The zero-order chi connectivity index (χ0) is 16.9. The number of amides is 1. The van der Waals surface area contributed by atoms with Gasteiger partial charge in [-0.15, -0.1) is 0 Å². The van der Waals surface area contributed by atoms with Crippen molar-refractivity contribution in [3.8, 4) is 5.69 Å². The van der Waals surface area contributed by atoms with E-state index in [1.165, 1.54) is 0 Å². The molecule has 5 nitrogen and oxygen atoms in total. The highest BCUT2D eigenvalue weighted by Crippen LogP contribution is 2.16. The van der Waals surface area contributed by atoms with Crippen LogP contribution in [0.2, 0.25) is 0 Å². The molecule has 6 heteroatoms.